The number of rotatable bonds is 3. The predicted molar refractivity (Wildman–Crippen MR) is 104 cm³/mol. The Morgan fingerprint density at radius 2 is 1.74 bits per heavy atom. The van der Waals surface area contributed by atoms with Gasteiger partial charge in [0.05, 0.1) is 10.6 Å². The summed E-state index contributed by atoms with van der Waals surface area (Å²) in [7, 11) is -3.83. The summed E-state index contributed by atoms with van der Waals surface area (Å²) in [5, 5.41) is 20.5. The van der Waals surface area contributed by atoms with Crippen LogP contribution in [0.4, 0.5) is 0 Å². The smallest absolute Gasteiger partial charge is 0.225 e. The maximum absolute atomic E-state index is 11.9. The first-order valence-corrected chi connectivity index (χ1v) is 10.1. The van der Waals surface area contributed by atoms with E-state index in [4.69, 9.17) is 10.2 Å². The van der Waals surface area contributed by atoms with E-state index in [1.807, 2.05) is 44.2 Å². The molecular weight excluding hydrogens is 362 g/mol. The second-order valence-electron chi connectivity index (χ2n) is 6.87. The zero-order valence-electron chi connectivity index (χ0n) is 15.2. The van der Waals surface area contributed by atoms with Gasteiger partial charge in [0.15, 0.2) is 11.5 Å². The van der Waals surface area contributed by atoms with Crippen LogP contribution in [0.3, 0.4) is 0 Å². The van der Waals surface area contributed by atoms with E-state index in [1.165, 1.54) is 0 Å². The van der Waals surface area contributed by atoms with Gasteiger partial charge in [-0.05, 0) is 18.6 Å². The number of hydrogen-bond acceptors (Lipinski definition) is 5. The van der Waals surface area contributed by atoms with Crippen LogP contribution in [0, 0.1) is 6.92 Å². The summed E-state index contributed by atoms with van der Waals surface area (Å²) in [4.78, 5) is 0.0961. The van der Waals surface area contributed by atoms with Gasteiger partial charge in [-0.2, -0.15) is 9.61 Å². The van der Waals surface area contributed by atoms with Crippen molar-refractivity contribution in [1.82, 2.24) is 19.8 Å². The van der Waals surface area contributed by atoms with E-state index in [9.17, 15) is 8.42 Å². The largest absolute Gasteiger partial charge is 0.238 e. The van der Waals surface area contributed by atoms with Crippen molar-refractivity contribution in [1.29, 1.82) is 0 Å². The monoisotopic (exact) mass is 381 g/mol. The summed E-state index contributed by atoms with van der Waals surface area (Å²) in [5.74, 6) is 0.885. The summed E-state index contributed by atoms with van der Waals surface area (Å²) in [6.45, 7) is 5.77. The van der Waals surface area contributed by atoms with Crippen molar-refractivity contribution in [2.75, 3.05) is 0 Å². The Labute approximate surface area is 156 Å². The Hall–Kier alpha value is -2.84. The Morgan fingerprint density at radius 1 is 1.04 bits per heavy atom. The minimum Gasteiger partial charge on any atom is -0.225 e. The average molecular weight is 381 g/mol. The number of primary sulfonamides is 1. The van der Waals surface area contributed by atoms with Crippen LogP contribution >= 0.6 is 0 Å². The molecule has 0 saturated heterocycles. The summed E-state index contributed by atoms with van der Waals surface area (Å²) in [6, 6.07) is 12.9. The fourth-order valence-corrected chi connectivity index (χ4v) is 4.03. The number of hydrogen-bond donors (Lipinski definition) is 1. The molecule has 0 amide bonds. The van der Waals surface area contributed by atoms with E-state index in [0.717, 1.165) is 16.6 Å². The normalized spacial score (nSPS) is 12.3. The molecule has 0 aliphatic rings. The first-order chi connectivity index (χ1) is 12.8. The third kappa shape index (κ3) is 2.87. The molecule has 0 aliphatic heterocycles. The standard InChI is InChI=1S/C19H19N5O2S/c1-11(2)18-21-22-19-15-7-5-4-6-14(15)17(23-24(18)19)13-9-8-12(3)16(10-13)27(20,25)26/h4-11H,1-3H3,(H2,20,25,26). The highest BCUT2D eigenvalue weighted by atomic mass is 32.2. The minimum atomic E-state index is -3.83. The van der Waals surface area contributed by atoms with Gasteiger partial charge in [-0.25, -0.2) is 13.6 Å². The fourth-order valence-electron chi connectivity index (χ4n) is 3.22. The molecule has 4 aromatic rings. The highest BCUT2D eigenvalue weighted by molar-refractivity contribution is 7.89. The van der Waals surface area contributed by atoms with Crippen LogP contribution in [0.15, 0.2) is 47.4 Å². The predicted octanol–water partition coefficient (Wildman–Crippen LogP) is 3.02. The number of benzene rings is 2. The van der Waals surface area contributed by atoms with Crippen molar-refractivity contribution in [3.63, 3.8) is 0 Å². The zero-order chi connectivity index (χ0) is 19.3. The number of nitrogens with zero attached hydrogens (tertiary/aromatic N) is 4. The van der Waals surface area contributed by atoms with Gasteiger partial charge in [-0.3, -0.25) is 0 Å². The Bertz CT molecular complexity index is 1290. The van der Waals surface area contributed by atoms with Gasteiger partial charge < -0.3 is 0 Å². The van der Waals surface area contributed by atoms with Crippen molar-refractivity contribution in [3.8, 4) is 11.3 Å². The van der Waals surface area contributed by atoms with Crippen molar-refractivity contribution in [2.45, 2.75) is 31.6 Å². The van der Waals surface area contributed by atoms with E-state index < -0.39 is 10.0 Å². The van der Waals surface area contributed by atoms with Gasteiger partial charge in [0.25, 0.3) is 0 Å². The molecule has 138 valence electrons. The first-order valence-electron chi connectivity index (χ1n) is 8.55. The SMILES string of the molecule is Cc1ccc(-c2nn3c(C(C)C)nnc3c3ccccc23)cc1S(N)(=O)=O. The van der Waals surface area contributed by atoms with Crippen LogP contribution in [0.1, 0.15) is 31.2 Å². The van der Waals surface area contributed by atoms with Gasteiger partial charge >= 0.3 is 0 Å². The van der Waals surface area contributed by atoms with E-state index in [0.29, 0.717) is 22.5 Å². The fraction of sp³-hybridized carbons (Fsp3) is 0.211. The molecule has 0 atom stereocenters. The molecule has 0 unspecified atom stereocenters. The van der Waals surface area contributed by atoms with Crippen LogP contribution in [-0.4, -0.2) is 28.2 Å². The summed E-state index contributed by atoms with van der Waals surface area (Å²) in [5.41, 5.74) is 2.60. The molecule has 0 radical (unpaired) electrons. The summed E-state index contributed by atoms with van der Waals surface area (Å²) >= 11 is 0. The highest BCUT2D eigenvalue weighted by Gasteiger charge is 2.19. The molecule has 2 heterocycles. The number of aromatic nitrogens is 4. The molecule has 0 spiro atoms. The average Bonchev–Trinajstić information content (AvgIpc) is 3.05. The Balaban J connectivity index is 2.11. The van der Waals surface area contributed by atoms with E-state index in [2.05, 4.69) is 10.2 Å². The molecule has 0 aliphatic carbocycles. The van der Waals surface area contributed by atoms with Crippen LogP contribution in [0.25, 0.3) is 27.7 Å². The van der Waals surface area contributed by atoms with E-state index in [1.54, 1.807) is 23.6 Å². The van der Waals surface area contributed by atoms with Crippen molar-refractivity contribution < 1.29 is 8.42 Å². The number of sulfonamides is 1. The molecule has 2 aromatic heterocycles. The van der Waals surface area contributed by atoms with Crippen LogP contribution in [-0.2, 0) is 10.0 Å². The maximum Gasteiger partial charge on any atom is 0.238 e. The Morgan fingerprint density at radius 3 is 2.41 bits per heavy atom. The zero-order valence-corrected chi connectivity index (χ0v) is 16.0. The van der Waals surface area contributed by atoms with Crippen molar-refractivity contribution in [3.05, 3.63) is 53.9 Å². The third-order valence-electron chi connectivity index (χ3n) is 4.57. The second kappa shape index (κ2) is 6.11. The van der Waals surface area contributed by atoms with Gasteiger partial charge in [0, 0.05) is 22.3 Å². The molecule has 2 N–H and O–H groups in total. The number of nitrogens with two attached hydrogens (primary N) is 1. The molecule has 7 nitrogen and oxygen atoms in total. The highest BCUT2D eigenvalue weighted by Crippen LogP contribution is 2.31. The second-order valence-corrected chi connectivity index (χ2v) is 8.40. The minimum absolute atomic E-state index is 0.0961. The number of aryl methyl sites for hydroxylation is 1. The molecule has 0 fully saturated rings. The van der Waals surface area contributed by atoms with Gasteiger partial charge in [-0.1, -0.05) is 50.2 Å². The molecular formula is C19H19N5O2S. The third-order valence-corrected chi connectivity index (χ3v) is 5.63. The van der Waals surface area contributed by atoms with Crippen LogP contribution in [0.2, 0.25) is 0 Å². The molecule has 0 saturated carbocycles. The Kier molecular flexibility index (Phi) is 3.97. The van der Waals surface area contributed by atoms with Crippen LogP contribution in [0.5, 0.6) is 0 Å². The quantitative estimate of drug-likeness (QED) is 0.587. The van der Waals surface area contributed by atoms with Crippen LogP contribution < -0.4 is 5.14 Å². The first kappa shape index (κ1) is 17.6. The van der Waals surface area contributed by atoms with Crippen molar-refractivity contribution >= 4 is 26.4 Å². The molecule has 8 heteroatoms. The lowest BCUT2D eigenvalue weighted by Crippen LogP contribution is -2.13. The van der Waals surface area contributed by atoms with Gasteiger partial charge in [0.2, 0.25) is 10.0 Å². The van der Waals surface area contributed by atoms with E-state index in [-0.39, 0.29) is 10.8 Å². The van der Waals surface area contributed by atoms with E-state index >= 15 is 0 Å². The summed E-state index contributed by atoms with van der Waals surface area (Å²) in [6.07, 6.45) is 0. The molecule has 27 heavy (non-hydrogen) atoms. The molecule has 0 bridgehead atoms. The lowest BCUT2D eigenvalue weighted by Gasteiger charge is -2.11. The molecule has 2 aromatic carbocycles. The topological polar surface area (TPSA) is 103 Å². The number of fused-ring (bicyclic) bond motifs is 3. The lowest BCUT2D eigenvalue weighted by molar-refractivity contribution is 0.597. The summed E-state index contributed by atoms with van der Waals surface area (Å²) < 4.78 is 25.6. The van der Waals surface area contributed by atoms with Gasteiger partial charge in [-0.15, -0.1) is 10.2 Å². The molecule has 4 rings (SSSR count). The lowest BCUT2D eigenvalue weighted by atomic mass is 10.0. The van der Waals surface area contributed by atoms with Gasteiger partial charge in [0.1, 0.15) is 0 Å². The maximum atomic E-state index is 11.9. The van der Waals surface area contributed by atoms with Crippen molar-refractivity contribution in [2.24, 2.45) is 5.14 Å².